The molecule has 0 unspecified atom stereocenters. The molecule has 4 nitrogen and oxygen atoms in total. The number of nitrogens with one attached hydrogen (secondary N) is 1. The molecular formula is C10H6BrCl2FN4S. The molecule has 0 aliphatic carbocycles. The minimum atomic E-state index is -0.648. The zero-order chi connectivity index (χ0) is 14.0. The topological polar surface area (TPSA) is 63.3 Å². The fourth-order valence-corrected chi connectivity index (χ4v) is 2.67. The summed E-state index contributed by atoms with van der Waals surface area (Å²) in [7, 11) is 0. The van der Waals surface area contributed by atoms with E-state index in [2.05, 4.69) is 31.4 Å². The number of hydrazone groups is 1. The molecule has 0 amide bonds. The molecule has 0 aliphatic heterocycles. The fourth-order valence-electron chi connectivity index (χ4n) is 1.19. The van der Waals surface area contributed by atoms with Gasteiger partial charge in [-0.2, -0.15) is 5.10 Å². The Balaban J connectivity index is 2.21. The lowest BCUT2D eigenvalue weighted by molar-refractivity contribution is 0.625. The van der Waals surface area contributed by atoms with Crippen LogP contribution in [0.2, 0.25) is 10.0 Å². The first-order valence-corrected chi connectivity index (χ1v) is 7.25. The summed E-state index contributed by atoms with van der Waals surface area (Å²) in [5.41, 5.74) is 8.16. The van der Waals surface area contributed by atoms with Gasteiger partial charge in [0.1, 0.15) is 5.82 Å². The lowest BCUT2D eigenvalue weighted by Gasteiger charge is -2.04. The van der Waals surface area contributed by atoms with Crippen LogP contribution in [0, 0.1) is 5.82 Å². The molecule has 1 aromatic carbocycles. The van der Waals surface area contributed by atoms with Crippen molar-refractivity contribution in [2.45, 2.75) is 0 Å². The van der Waals surface area contributed by atoms with Crippen molar-refractivity contribution in [3.63, 3.8) is 0 Å². The second-order valence-electron chi connectivity index (χ2n) is 3.33. The van der Waals surface area contributed by atoms with E-state index >= 15 is 0 Å². The SMILES string of the molecule is Nc1csc(NN=Cc2c(Cl)cc(Br)c(Cl)c2F)n1. The molecule has 3 N–H and O–H groups in total. The number of hydrogen-bond donors (Lipinski definition) is 2. The molecule has 0 radical (unpaired) electrons. The predicted molar refractivity (Wildman–Crippen MR) is 81.9 cm³/mol. The summed E-state index contributed by atoms with van der Waals surface area (Å²) in [6.07, 6.45) is 1.23. The van der Waals surface area contributed by atoms with Crippen molar-refractivity contribution < 1.29 is 4.39 Å². The third-order valence-corrected chi connectivity index (χ3v) is 4.33. The number of halogens is 4. The van der Waals surface area contributed by atoms with Crippen LogP contribution in [-0.4, -0.2) is 11.2 Å². The second-order valence-corrected chi connectivity index (χ2v) is 5.83. The van der Waals surface area contributed by atoms with Gasteiger partial charge in [0.25, 0.3) is 0 Å². The lowest BCUT2D eigenvalue weighted by atomic mass is 10.2. The van der Waals surface area contributed by atoms with Gasteiger partial charge in [-0.25, -0.2) is 9.37 Å². The first kappa shape index (κ1) is 14.5. The van der Waals surface area contributed by atoms with Crippen molar-refractivity contribution in [2.24, 2.45) is 5.10 Å². The molecule has 0 saturated carbocycles. The Morgan fingerprint density at radius 2 is 2.26 bits per heavy atom. The molecule has 1 heterocycles. The first-order valence-electron chi connectivity index (χ1n) is 4.82. The van der Waals surface area contributed by atoms with E-state index in [9.17, 15) is 4.39 Å². The highest BCUT2D eigenvalue weighted by Gasteiger charge is 2.13. The maximum atomic E-state index is 13.9. The maximum absolute atomic E-state index is 13.9. The average molecular weight is 384 g/mol. The number of rotatable bonds is 3. The smallest absolute Gasteiger partial charge is 0.205 e. The molecule has 2 aromatic rings. The first-order chi connectivity index (χ1) is 8.99. The molecule has 1 aromatic heterocycles. The van der Waals surface area contributed by atoms with Crippen molar-refractivity contribution in [2.75, 3.05) is 11.2 Å². The third-order valence-electron chi connectivity index (χ3n) is 2.03. The van der Waals surface area contributed by atoms with Crippen LogP contribution >= 0.6 is 50.5 Å². The van der Waals surface area contributed by atoms with Crippen molar-refractivity contribution in [1.82, 2.24) is 4.98 Å². The number of nitrogen functional groups attached to an aromatic ring is 1. The van der Waals surface area contributed by atoms with E-state index in [1.54, 1.807) is 5.38 Å². The number of aromatic nitrogens is 1. The van der Waals surface area contributed by atoms with Crippen molar-refractivity contribution in [3.8, 4) is 0 Å². The molecule has 19 heavy (non-hydrogen) atoms. The molecule has 0 saturated heterocycles. The Kier molecular flexibility index (Phi) is 4.62. The molecule has 0 atom stereocenters. The van der Waals surface area contributed by atoms with Gasteiger partial charge >= 0.3 is 0 Å². The van der Waals surface area contributed by atoms with Crippen LogP contribution in [0.25, 0.3) is 0 Å². The van der Waals surface area contributed by atoms with Gasteiger partial charge in [0.2, 0.25) is 5.13 Å². The number of hydrogen-bond acceptors (Lipinski definition) is 5. The van der Waals surface area contributed by atoms with Crippen molar-refractivity contribution >= 4 is 67.6 Å². The second kappa shape index (κ2) is 6.04. The van der Waals surface area contributed by atoms with Crippen LogP contribution in [0.1, 0.15) is 5.56 Å². The summed E-state index contributed by atoms with van der Waals surface area (Å²) in [4.78, 5) is 3.93. The zero-order valence-electron chi connectivity index (χ0n) is 9.12. The van der Waals surface area contributed by atoms with Crippen LogP contribution in [0.5, 0.6) is 0 Å². The van der Waals surface area contributed by atoms with Gasteiger partial charge in [-0.1, -0.05) is 23.2 Å². The Morgan fingerprint density at radius 3 is 2.89 bits per heavy atom. The van der Waals surface area contributed by atoms with E-state index < -0.39 is 5.82 Å². The molecule has 9 heteroatoms. The van der Waals surface area contributed by atoms with Gasteiger partial charge in [0, 0.05) is 9.85 Å². The Labute approximate surface area is 130 Å². The highest BCUT2D eigenvalue weighted by atomic mass is 79.9. The van der Waals surface area contributed by atoms with Gasteiger partial charge in [-0.15, -0.1) is 11.3 Å². The van der Waals surface area contributed by atoms with Gasteiger partial charge in [0.05, 0.1) is 21.8 Å². The summed E-state index contributed by atoms with van der Waals surface area (Å²) in [6, 6.07) is 1.50. The van der Waals surface area contributed by atoms with Crippen molar-refractivity contribution in [3.05, 3.63) is 37.3 Å². The summed E-state index contributed by atoms with van der Waals surface area (Å²) < 4.78 is 14.2. The molecule has 0 aliphatic rings. The highest BCUT2D eigenvalue weighted by molar-refractivity contribution is 9.10. The van der Waals surface area contributed by atoms with Gasteiger partial charge in [-0.3, -0.25) is 5.43 Å². The zero-order valence-corrected chi connectivity index (χ0v) is 13.0. The highest BCUT2D eigenvalue weighted by Crippen LogP contribution is 2.32. The fraction of sp³-hybridized carbons (Fsp3) is 0. The van der Waals surface area contributed by atoms with Crippen LogP contribution in [0.15, 0.2) is 21.0 Å². The quantitative estimate of drug-likeness (QED) is 0.357. The van der Waals surface area contributed by atoms with Gasteiger partial charge in [-0.05, 0) is 22.0 Å². The van der Waals surface area contributed by atoms with Crippen LogP contribution in [-0.2, 0) is 0 Å². The summed E-state index contributed by atoms with van der Waals surface area (Å²) >= 11 is 16.1. The lowest BCUT2D eigenvalue weighted by Crippen LogP contribution is -1.96. The van der Waals surface area contributed by atoms with E-state index in [4.69, 9.17) is 28.9 Å². The van der Waals surface area contributed by atoms with E-state index in [-0.39, 0.29) is 15.6 Å². The predicted octanol–water partition coefficient (Wildman–Crippen LogP) is 4.38. The Morgan fingerprint density at radius 1 is 1.53 bits per heavy atom. The van der Waals surface area contributed by atoms with Gasteiger partial charge < -0.3 is 5.73 Å². The number of thiazole rings is 1. The minimum absolute atomic E-state index is 0.0515. The number of anilines is 2. The van der Waals surface area contributed by atoms with E-state index in [0.29, 0.717) is 15.4 Å². The van der Waals surface area contributed by atoms with Crippen LogP contribution < -0.4 is 11.2 Å². The normalized spacial score (nSPS) is 11.2. The van der Waals surface area contributed by atoms with Crippen LogP contribution in [0.3, 0.4) is 0 Å². The minimum Gasteiger partial charge on any atom is -0.383 e. The van der Waals surface area contributed by atoms with E-state index in [1.165, 1.54) is 23.6 Å². The molecule has 100 valence electrons. The standard InChI is InChI=1S/C10H6BrCl2FN4S/c11-5-1-6(12)4(9(14)8(5)13)2-16-18-10-17-7(15)3-19-10/h1-3H,15H2,(H,17,18). The summed E-state index contributed by atoms with van der Waals surface area (Å²) in [5, 5.41) is 6.13. The summed E-state index contributed by atoms with van der Waals surface area (Å²) in [6.45, 7) is 0. The van der Waals surface area contributed by atoms with Gasteiger partial charge in [0.15, 0.2) is 5.82 Å². The number of benzene rings is 1. The molecule has 0 fully saturated rings. The largest absolute Gasteiger partial charge is 0.383 e. The van der Waals surface area contributed by atoms with E-state index in [0.717, 1.165) is 0 Å². The van der Waals surface area contributed by atoms with E-state index in [1.807, 2.05) is 0 Å². The monoisotopic (exact) mass is 382 g/mol. The van der Waals surface area contributed by atoms with Crippen LogP contribution in [0.4, 0.5) is 15.3 Å². The molecule has 0 spiro atoms. The number of nitrogens with two attached hydrogens (primary N) is 1. The van der Waals surface area contributed by atoms with Crippen molar-refractivity contribution in [1.29, 1.82) is 0 Å². The molecule has 2 rings (SSSR count). The molecule has 0 bridgehead atoms. The maximum Gasteiger partial charge on any atom is 0.205 e. The third kappa shape index (κ3) is 3.36. The average Bonchev–Trinajstić information content (AvgIpc) is 2.77. The Bertz CT molecular complexity index is 647. The molecular weight excluding hydrogens is 378 g/mol. The number of nitrogens with zero attached hydrogens (tertiary/aromatic N) is 2. The Hall–Kier alpha value is -0.890. The summed E-state index contributed by atoms with van der Waals surface area (Å²) in [5.74, 6) is -0.260.